The third-order valence-electron chi connectivity index (χ3n) is 4.61. The van der Waals surface area contributed by atoms with Crippen molar-refractivity contribution in [3.05, 3.63) is 94.1 Å². The lowest BCUT2D eigenvalue weighted by atomic mass is 10.2. The zero-order valence-corrected chi connectivity index (χ0v) is 16.2. The number of non-ortho nitro benzene ring substituents is 1. The van der Waals surface area contributed by atoms with Crippen LogP contribution in [0.2, 0.25) is 0 Å². The third kappa shape index (κ3) is 4.15. The molecule has 160 valence electrons. The Kier molecular flexibility index (Phi) is 5.34. The number of aromatic nitrogens is 2. The number of anilines is 1. The van der Waals surface area contributed by atoms with Gasteiger partial charge in [-0.15, -0.1) is 0 Å². The smallest absolute Gasteiger partial charge is 0.271 e. The van der Waals surface area contributed by atoms with Crippen LogP contribution in [0.1, 0.15) is 5.56 Å². The molecule has 0 bridgehead atoms. The SMILES string of the molecule is O=C(C=Cc1ccc(F)cc1F)Nc1ccc(-c2nc3ccc([N+](=O)[O-])cc3n2O)cc1. The molecular formula is C22H14F2N4O4. The number of carbonyl (C=O) groups excluding carboxylic acids is 1. The second kappa shape index (κ2) is 8.26. The molecule has 2 N–H and O–H groups in total. The highest BCUT2D eigenvalue weighted by molar-refractivity contribution is 6.02. The fourth-order valence-corrected chi connectivity index (χ4v) is 3.04. The second-order valence-electron chi connectivity index (χ2n) is 6.74. The Morgan fingerprint density at radius 1 is 1.09 bits per heavy atom. The predicted molar refractivity (Wildman–Crippen MR) is 113 cm³/mol. The molecule has 0 aliphatic rings. The minimum atomic E-state index is -0.782. The van der Waals surface area contributed by atoms with Crippen LogP contribution >= 0.6 is 0 Å². The van der Waals surface area contributed by atoms with Gasteiger partial charge in [0.15, 0.2) is 5.82 Å². The minimum absolute atomic E-state index is 0.0685. The summed E-state index contributed by atoms with van der Waals surface area (Å²) in [5, 5.41) is 23.9. The van der Waals surface area contributed by atoms with Crippen LogP contribution in [-0.4, -0.2) is 25.8 Å². The summed E-state index contributed by atoms with van der Waals surface area (Å²) in [6.45, 7) is 0. The van der Waals surface area contributed by atoms with E-state index in [2.05, 4.69) is 10.3 Å². The van der Waals surface area contributed by atoms with Crippen molar-refractivity contribution in [2.75, 3.05) is 5.32 Å². The molecular weight excluding hydrogens is 422 g/mol. The monoisotopic (exact) mass is 436 g/mol. The quantitative estimate of drug-likeness (QED) is 0.203. The number of halogens is 2. The number of imidazole rings is 1. The molecule has 3 aromatic carbocycles. The van der Waals surface area contributed by atoms with E-state index in [0.717, 1.165) is 22.9 Å². The Morgan fingerprint density at radius 2 is 1.84 bits per heavy atom. The van der Waals surface area contributed by atoms with Crippen molar-refractivity contribution >= 4 is 34.4 Å². The number of nitro groups is 1. The van der Waals surface area contributed by atoms with Gasteiger partial charge < -0.3 is 10.5 Å². The number of hydrogen-bond donors (Lipinski definition) is 2. The van der Waals surface area contributed by atoms with Gasteiger partial charge in [0.05, 0.1) is 10.4 Å². The summed E-state index contributed by atoms with van der Waals surface area (Å²) in [5.74, 6) is -1.84. The van der Waals surface area contributed by atoms with Crippen molar-refractivity contribution in [1.29, 1.82) is 0 Å². The fraction of sp³-hybridized carbons (Fsp3) is 0. The molecule has 10 heteroatoms. The Morgan fingerprint density at radius 3 is 2.53 bits per heavy atom. The van der Waals surface area contributed by atoms with Crippen molar-refractivity contribution in [2.24, 2.45) is 0 Å². The van der Waals surface area contributed by atoms with Crippen LogP contribution < -0.4 is 5.32 Å². The maximum atomic E-state index is 13.6. The van der Waals surface area contributed by atoms with Gasteiger partial charge in [0.2, 0.25) is 5.91 Å². The molecule has 32 heavy (non-hydrogen) atoms. The fourth-order valence-electron chi connectivity index (χ4n) is 3.04. The topological polar surface area (TPSA) is 110 Å². The Balaban J connectivity index is 1.50. The third-order valence-corrected chi connectivity index (χ3v) is 4.61. The largest absolute Gasteiger partial charge is 0.426 e. The van der Waals surface area contributed by atoms with Gasteiger partial charge in [-0.1, -0.05) is 0 Å². The van der Waals surface area contributed by atoms with Gasteiger partial charge in [0, 0.05) is 41.1 Å². The summed E-state index contributed by atoms with van der Waals surface area (Å²) < 4.78 is 27.3. The summed E-state index contributed by atoms with van der Waals surface area (Å²) >= 11 is 0. The van der Waals surface area contributed by atoms with Gasteiger partial charge >= 0.3 is 0 Å². The standard InChI is InChI=1S/C22H14F2N4O4/c23-15-5-1-13(18(24)11-15)4-10-21(29)25-16-6-2-14(3-7-16)22-26-19-9-8-17(28(31)32)12-20(19)27(22)30/h1-12,30H,(H,25,29). The number of amides is 1. The lowest BCUT2D eigenvalue weighted by molar-refractivity contribution is -0.384. The van der Waals surface area contributed by atoms with Gasteiger partial charge in [-0.25, -0.2) is 13.8 Å². The van der Waals surface area contributed by atoms with Crippen molar-refractivity contribution in [1.82, 2.24) is 9.71 Å². The number of rotatable bonds is 5. The van der Waals surface area contributed by atoms with E-state index in [-0.39, 0.29) is 22.6 Å². The van der Waals surface area contributed by atoms with Crippen molar-refractivity contribution in [2.45, 2.75) is 0 Å². The van der Waals surface area contributed by atoms with Crippen LogP contribution in [0.5, 0.6) is 0 Å². The summed E-state index contributed by atoms with van der Waals surface area (Å²) in [5.41, 5.74) is 1.39. The molecule has 8 nitrogen and oxygen atoms in total. The van der Waals surface area contributed by atoms with E-state index in [1.54, 1.807) is 24.3 Å². The maximum absolute atomic E-state index is 13.6. The van der Waals surface area contributed by atoms with Gasteiger partial charge in [-0.2, -0.15) is 4.73 Å². The van der Waals surface area contributed by atoms with Gasteiger partial charge in [0.25, 0.3) is 5.69 Å². The Labute approximate surface area is 179 Å². The van der Waals surface area contributed by atoms with Crippen LogP contribution in [0.4, 0.5) is 20.2 Å². The number of hydrogen-bond acceptors (Lipinski definition) is 5. The maximum Gasteiger partial charge on any atom is 0.271 e. The van der Waals surface area contributed by atoms with Gasteiger partial charge in [-0.05, 0) is 48.5 Å². The highest BCUT2D eigenvalue weighted by atomic mass is 19.1. The average molecular weight is 436 g/mol. The minimum Gasteiger partial charge on any atom is -0.426 e. The lowest BCUT2D eigenvalue weighted by Crippen LogP contribution is -2.07. The Bertz CT molecular complexity index is 1380. The molecule has 4 rings (SSSR count). The number of fused-ring (bicyclic) bond motifs is 1. The molecule has 1 heterocycles. The molecule has 4 aromatic rings. The molecule has 0 aliphatic heterocycles. The first-order valence-corrected chi connectivity index (χ1v) is 9.22. The highest BCUT2D eigenvalue weighted by Crippen LogP contribution is 2.27. The van der Waals surface area contributed by atoms with Gasteiger partial charge in [0.1, 0.15) is 17.2 Å². The number of carbonyl (C=O) groups is 1. The predicted octanol–water partition coefficient (Wildman–Crippen LogP) is 4.78. The first-order chi connectivity index (χ1) is 15.3. The van der Waals surface area contributed by atoms with Crippen LogP contribution in [-0.2, 0) is 4.79 Å². The molecule has 0 saturated heterocycles. The highest BCUT2D eigenvalue weighted by Gasteiger charge is 2.16. The second-order valence-corrected chi connectivity index (χ2v) is 6.74. The van der Waals surface area contributed by atoms with Crippen LogP contribution in [0.3, 0.4) is 0 Å². The van der Waals surface area contributed by atoms with E-state index in [9.17, 15) is 28.9 Å². The molecule has 1 amide bonds. The molecule has 0 atom stereocenters. The molecule has 0 fully saturated rings. The first kappa shape index (κ1) is 20.7. The molecule has 0 spiro atoms. The van der Waals surface area contributed by atoms with E-state index in [0.29, 0.717) is 16.8 Å². The average Bonchev–Trinajstić information content (AvgIpc) is 3.09. The van der Waals surface area contributed by atoms with E-state index in [4.69, 9.17) is 0 Å². The van der Waals surface area contributed by atoms with E-state index in [1.807, 2.05) is 0 Å². The molecule has 0 radical (unpaired) electrons. The van der Waals surface area contributed by atoms with Crippen LogP contribution in [0.15, 0.2) is 66.7 Å². The van der Waals surface area contributed by atoms with E-state index in [1.165, 1.54) is 30.3 Å². The van der Waals surface area contributed by atoms with E-state index < -0.39 is 22.5 Å². The number of benzene rings is 3. The number of nitrogens with zero attached hydrogens (tertiary/aromatic N) is 3. The summed E-state index contributed by atoms with van der Waals surface area (Å²) in [7, 11) is 0. The lowest BCUT2D eigenvalue weighted by Gasteiger charge is -2.05. The van der Waals surface area contributed by atoms with Crippen LogP contribution in [0.25, 0.3) is 28.5 Å². The molecule has 0 unspecified atom stereocenters. The van der Waals surface area contributed by atoms with E-state index >= 15 is 0 Å². The zero-order chi connectivity index (χ0) is 22.8. The first-order valence-electron chi connectivity index (χ1n) is 9.22. The normalized spacial score (nSPS) is 11.2. The van der Waals surface area contributed by atoms with Gasteiger partial charge in [-0.3, -0.25) is 14.9 Å². The summed E-state index contributed by atoms with van der Waals surface area (Å²) in [6, 6.07) is 13.3. The molecule has 0 saturated carbocycles. The van der Waals surface area contributed by atoms with Crippen molar-refractivity contribution in [3.63, 3.8) is 0 Å². The number of nitrogens with one attached hydrogen (secondary N) is 1. The van der Waals surface area contributed by atoms with Crippen LogP contribution in [0, 0.1) is 21.7 Å². The van der Waals surface area contributed by atoms with Crippen molar-refractivity contribution < 1.29 is 23.7 Å². The number of nitro benzene ring substituents is 1. The summed E-state index contributed by atoms with van der Waals surface area (Å²) in [6.07, 6.45) is 2.34. The van der Waals surface area contributed by atoms with Crippen molar-refractivity contribution in [3.8, 4) is 11.4 Å². The summed E-state index contributed by atoms with van der Waals surface area (Å²) in [4.78, 5) is 26.7. The zero-order valence-electron chi connectivity index (χ0n) is 16.2. The molecule has 1 aromatic heterocycles. The molecule has 0 aliphatic carbocycles. The Hall–Kier alpha value is -4.60.